The second-order valence-corrected chi connectivity index (χ2v) is 10.7. The van der Waals surface area contributed by atoms with Gasteiger partial charge in [-0.05, 0) is 52.3 Å². The zero-order valence-corrected chi connectivity index (χ0v) is 24.3. The van der Waals surface area contributed by atoms with Crippen LogP contribution in [0.2, 0.25) is 5.02 Å². The van der Waals surface area contributed by atoms with Gasteiger partial charge in [-0.25, -0.2) is 15.0 Å². The van der Waals surface area contributed by atoms with E-state index in [1.165, 1.54) is 0 Å². The van der Waals surface area contributed by atoms with Crippen LogP contribution in [0.5, 0.6) is 5.75 Å². The number of aromatic nitrogens is 5. The molecule has 0 spiro atoms. The molecular formula is C29H33ClN6O4. The van der Waals surface area contributed by atoms with E-state index in [9.17, 15) is 9.90 Å². The molecule has 40 heavy (non-hydrogen) atoms. The zero-order chi connectivity index (χ0) is 28.7. The number of aliphatic hydroxyl groups is 1. The lowest BCUT2D eigenvalue weighted by molar-refractivity contribution is 0.0994. The minimum Gasteiger partial charge on any atom is -0.491 e. The lowest BCUT2D eigenvalue weighted by Crippen LogP contribution is -2.25. The Kier molecular flexibility index (Phi) is 7.65. The summed E-state index contributed by atoms with van der Waals surface area (Å²) in [5, 5.41) is 14.7. The van der Waals surface area contributed by atoms with Crippen LogP contribution in [-0.2, 0) is 20.1 Å². The molecule has 0 saturated heterocycles. The van der Waals surface area contributed by atoms with Crippen LogP contribution in [0.1, 0.15) is 53.9 Å². The summed E-state index contributed by atoms with van der Waals surface area (Å²) >= 11 is 6.68. The maximum atomic E-state index is 13.0. The SMILES string of the molecule is CCC[C@@H](O)COc1ccc(Cl)c(-c2nc(-c3c(C)noc3C)c(C)c(N3Cc4nc(C)n(C)c(=O)c4C3)n2)c1. The van der Waals surface area contributed by atoms with E-state index in [4.69, 9.17) is 30.8 Å². The lowest BCUT2D eigenvalue weighted by atomic mass is 10.0. The number of aryl methyl sites for hydroxylation is 3. The molecule has 1 atom stereocenters. The Labute approximate surface area is 237 Å². The largest absolute Gasteiger partial charge is 0.491 e. The van der Waals surface area contributed by atoms with Crippen molar-refractivity contribution < 1.29 is 14.4 Å². The summed E-state index contributed by atoms with van der Waals surface area (Å²) in [4.78, 5) is 29.6. The first-order valence-electron chi connectivity index (χ1n) is 13.3. The van der Waals surface area contributed by atoms with Crippen LogP contribution in [0.25, 0.3) is 22.6 Å². The minimum atomic E-state index is -0.556. The fourth-order valence-corrected chi connectivity index (χ4v) is 5.25. The van der Waals surface area contributed by atoms with Crippen LogP contribution < -0.4 is 15.2 Å². The summed E-state index contributed by atoms with van der Waals surface area (Å²) in [6.45, 7) is 10.5. The van der Waals surface area contributed by atoms with Crippen molar-refractivity contribution in [2.24, 2.45) is 7.05 Å². The monoisotopic (exact) mass is 564 g/mol. The van der Waals surface area contributed by atoms with Gasteiger partial charge in [0.15, 0.2) is 5.82 Å². The van der Waals surface area contributed by atoms with Crippen LogP contribution in [0.4, 0.5) is 5.82 Å². The fourth-order valence-electron chi connectivity index (χ4n) is 5.05. The van der Waals surface area contributed by atoms with Crippen molar-refractivity contribution in [3.63, 3.8) is 0 Å². The molecule has 0 saturated carbocycles. The summed E-state index contributed by atoms with van der Waals surface area (Å²) in [5.74, 6) is 2.91. The van der Waals surface area contributed by atoms with Gasteiger partial charge in [0, 0.05) is 18.2 Å². The Hall–Kier alpha value is -3.76. The highest BCUT2D eigenvalue weighted by Crippen LogP contribution is 2.38. The molecule has 0 amide bonds. The Morgan fingerprint density at radius 3 is 2.62 bits per heavy atom. The molecule has 1 aromatic carbocycles. The normalized spacial score (nSPS) is 13.6. The van der Waals surface area contributed by atoms with Gasteiger partial charge in [0.2, 0.25) is 0 Å². The number of aliphatic hydroxyl groups excluding tert-OH is 1. The zero-order valence-electron chi connectivity index (χ0n) is 23.6. The molecule has 0 aliphatic carbocycles. The van der Waals surface area contributed by atoms with E-state index in [0.717, 1.165) is 23.2 Å². The molecule has 11 heteroatoms. The van der Waals surface area contributed by atoms with Crippen molar-refractivity contribution in [2.75, 3.05) is 11.5 Å². The number of fused-ring (bicyclic) bond motifs is 1. The maximum Gasteiger partial charge on any atom is 0.258 e. The first-order chi connectivity index (χ1) is 19.1. The Balaban J connectivity index is 1.62. The third kappa shape index (κ3) is 5.09. The molecule has 5 rings (SSSR count). The van der Waals surface area contributed by atoms with Gasteiger partial charge < -0.3 is 19.3 Å². The van der Waals surface area contributed by atoms with E-state index >= 15 is 0 Å². The van der Waals surface area contributed by atoms with E-state index in [1.54, 1.807) is 29.8 Å². The smallest absolute Gasteiger partial charge is 0.258 e. The van der Waals surface area contributed by atoms with Crippen molar-refractivity contribution in [2.45, 2.75) is 66.7 Å². The minimum absolute atomic E-state index is 0.0546. The highest BCUT2D eigenvalue weighted by molar-refractivity contribution is 6.33. The summed E-state index contributed by atoms with van der Waals surface area (Å²) < 4.78 is 12.9. The highest BCUT2D eigenvalue weighted by Gasteiger charge is 2.30. The van der Waals surface area contributed by atoms with Crippen molar-refractivity contribution in [3.05, 3.63) is 67.7 Å². The van der Waals surface area contributed by atoms with Crippen LogP contribution in [-0.4, -0.2) is 42.5 Å². The van der Waals surface area contributed by atoms with Gasteiger partial charge in [0.25, 0.3) is 5.56 Å². The van der Waals surface area contributed by atoms with Gasteiger partial charge in [-0.3, -0.25) is 9.36 Å². The van der Waals surface area contributed by atoms with Crippen molar-refractivity contribution in [1.82, 2.24) is 24.7 Å². The van der Waals surface area contributed by atoms with Crippen LogP contribution in [0, 0.1) is 27.7 Å². The average molecular weight is 565 g/mol. The van der Waals surface area contributed by atoms with Crippen molar-refractivity contribution in [1.29, 1.82) is 0 Å². The fraction of sp³-hybridized carbons (Fsp3) is 0.414. The molecule has 1 aliphatic rings. The van der Waals surface area contributed by atoms with Crippen LogP contribution in [0.15, 0.2) is 27.5 Å². The van der Waals surface area contributed by atoms with Crippen molar-refractivity contribution in [3.8, 4) is 28.4 Å². The highest BCUT2D eigenvalue weighted by atomic mass is 35.5. The summed E-state index contributed by atoms with van der Waals surface area (Å²) in [5.41, 5.74) is 4.93. The lowest BCUT2D eigenvalue weighted by Gasteiger charge is -2.21. The number of hydrogen-bond acceptors (Lipinski definition) is 9. The molecule has 1 N–H and O–H groups in total. The number of halogens is 1. The Morgan fingerprint density at radius 1 is 1.15 bits per heavy atom. The molecule has 4 aromatic rings. The van der Waals surface area contributed by atoms with Gasteiger partial charge in [-0.1, -0.05) is 30.1 Å². The molecule has 1 aliphatic heterocycles. The van der Waals surface area contributed by atoms with Gasteiger partial charge in [-0.2, -0.15) is 0 Å². The van der Waals surface area contributed by atoms with Crippen LogP contribution >= 0.6 is 11.6 Å². The quantitative estimate of drug-likeness (QED) is 0.320. The molecule has 3 aromatic heterocycles. The summed E-state index contributed by atoms with van der Waals surface area (Å²) in [6, 6.07) is 5.28. The van der Waals surface area contributed by atoms with Crippen molar-refractivity contribution >= 4 is 17.4 Å². The van der Waals surface area contributed by atoms with E-state index in [1.807, 2.05) is 39.5 Å². The van der Waals surface area contributed by atoms with E-state index < -0.39 is 6.10 Å². The molecule has 0 fully saturated rings. The van der Waals surface area contributed by atoms with Gasteiger partial charge in [0.1, 0.15) is 29.8 Å². The molecule has 210 valence electrons. The molecule has 4 heterocycles. The van der Waals surface area contributed by atoms with Gasteiger partial charge >= 0.3 is 0 Å². The topological polar surface area (TPSA) is 119 Å². The van der Waals surface area contributed by atoms with Gasteiger partial charge in [0.05, 0.1) is 52.4 Å². The first-order valence-corrected chi connectivity index (χ1v) is 13.7. The second-order valence-electron chi connectivity index (χ2n) is 10.2. The third-order valence-corrected chi connectivity index (χ3v) is 7.65. The Bertz CT molecular complexity index is 1630. The second kappa shape index (κ2) is 11.0. The van der Waals surface area contributed by atoms with E-state index in [0.29, 0.717) is 76.0 Å². The predicted octanol–water partition coefficient (Wildman–Crippen LogP) is 4.84. The van der Waals surface area contributed by atoms with E-state index in [-0.39, 0.29) is 12.2 Å². The maximum absolute atomic E-state index is 13.0. The first kappa shape index (κ1) is 27.8. The molecular weight excluding hydrogens is 532 g/mol. The number of anilines is 1. The molecule has 0 radical (unpaired) electrons. The standard InChI is InChI=1S/C29H33ClN6O4/c1-7-8-19(37)14-39-20-9-10-23(30)21(11-20)27-32-26(25-16(3)34-40-17(25)4)15(2)28(33-27)36-12-22-24(13-36)31-18(5)35(6)29(22)38/h9-11,19,37H,7-8,12-14H2,1-6H3/t19-/m1/s1. The third-order valence-electron chi connectivity index (χ3n) is 7.32. The summed E-state index contributed by atoms with van der Waals surface area (Å²) in [6.07, 6.45) is 0.961. The predicted molar refractivity (Wildman–Crippen MR) is 153 cm³/mol. The molecule has 0 unspecified atom stereocenters. The average Bonchev–Trinajstić information content (AvgIpc) is 3.50. The van der Waals surface area contributed by atoms with Gasteiger partial charge in [-0.15, -0.1) is 0 Å². The number of benzene rings is 1. The number of nitrogens with zero attached hydrogens (tertiary/aromatic N) is 6. The molecule has 0 bridgehead atoms. The number of ether oxygens (including phenoxy) is 1. The Morgan fingerprint density at radius 2 is 1.93 bits per heavy atom. The van der Waals surface area contributed by atoms with E-state index in [2.05, 4.69) is 10.1 Å². The number of hydrogen-bond donors (Lipinski definition) is 1. The number of rotatable bonds is 8. The summed E-state index contributed by atoms with van der Waals surface area (Å²) in [7, 11) is 1.73. The molecule has 10 nitrogen and oxygen atoms in total. The van der Waals surface area contributed by atoms with Crippen LogP contribution in [0.3, 0.4) is 0 Å².